The SMILES string of the molecule is CC=CC(=O)Nc1cc(F)c(F)cc1F. The molecule has 1 aromatic rings. The lowest BCUT2D eigenvalue weighted by Gasteiger charge is -2.04. The third-order valence-corrected chi connectivity index (χ3v) is 1.59. The average molecular weight is 215 g/mol. The fraction of sp³-hybridized carbons (Fsp3) is 0.100. The quantitative estimate of drug-likeness (QED) is 0.596. The second-order valence-electron chi connectivity index (χ2n) is 2.74. The van der Waals surface area contributed by atoms with E-state index in [4.69, 9.17) is 0 Å². The normalized spacial score (nSPS) is 10.7. The summed E-state index contributed by atoms with van der Waals surface area (Å²) in [5.41, 5.74) is -0.392. The van der Waals surface area contributed by atoms with Crippen molar-refractivity contribution in [2.75, 3.05) is 5.32 Å². The molecule has 80 valence electrons. The van der Waals surface area contributed by atoms with Crippen LogP contribution in [0.15, 0.2) is 24.3 Å². The Hall–Kier alpha value is -1.78. The van der Waals surface area contributed by atoms with Gasteiger partial charge in [0.25, 0.3) is 0 Å². The first kappa shape index (κ1) is 11.3. The van der Waals surface area contributed by atoms with Gasteiger partial charge in [-0.25, -0.2) is 13.2 Å². The van der Waals surface area contributed by atoms with Crippen molar-refractivity contribution >= 4 is 11.6 Å². The fourth-order valence-electron chi connectivity index (χ4n) is 0.944. The Balaban J connectivity index is 2.95. The molecule has 0 aromatic heterocycles. The number of carbonyl (C=O) groups is 1. The maximum absolute atomic E-state index is 13.0. The Morgan fingerprint density at radius 1 is 1.20 bits per heavy atom. The third-order valence-electron chi connectivity index (χ3n) is 1.59. The largest absolute Gasteiger partial charge is 0.320 e. The van der Waals surface area contributed by atoms with Gasteiger partial charge in [-0.2, -0.15) is 0 Å². The molecule has 0 radical (unpaired) electrons. The van der Waals surface area contributed by atoms with Gasteiger partial charge in [0.15, 0.2) is 11.6 Å². The number of nitrogens with one attached hydrogen (secondary N) is 1. The Labute approximate surface area is 84.4 Å². The number of anilines is 1. The van der Waals surface area contributed by atoms with Crippen molar-refractivity contribution in [3.05, 3.63) is 41.7 Å². The van der Waals surface area contributed by atoms with E-state index in [0.717, 1.165) is 6.08 Å². The van der Waals surface area contributed by atoms with Crippen molar-refractivity contribution in [2.24, 2.45) is 0 Å². The van der Waals surface area contributed by atoms with Crippen molar-refractivity contribution in [1.82, 2.24) is 0 Å². The lowest BCUT2D eigenvalue weighted by molar-refractivity contribution is -0.111. The third kappa shape index (κ3) is 2.83. The molecule has 2 nitrogen and oxygen atoms in total. The van der Waals surface area contributed by atoms with Gasteiger partial charge in [0.05, 0.1) is 5.69 Å². The van der Waals surface area contributed by atoms with Gasteiger partial charge in [0, 0.05) is 12.1 Å². The molecule has 1 N–H and O–H groups in total. The second kappa shape index (κ2) is 4.63. The van der Waals surface area contributed by atoms with Crippen LogP contribution >= 0.6 is 0 Å². The molecular formula is C10H8F3NO. The average Bonchev–Trinajstić information content (AvgIpc) is 2.14. The van der Waals surface area contributed by atoms with Crippen molar-refractivity contribution in [1.29, 1.82) is 0 Å². The van der Waals surface area contributed by atoms with Crippen molar-refractivity contribution in [3.63, 3.8) is 0 Å². The Bertz CT molecular complexity index is 415. The highest BCUT2D eigenvalue weighted by Gasteiger charge is 2.10. The minimum Gasteiger partial charge on any atom is -0.320 e. The summed E-state index contributed by atoms with van der Waals surface area (Å²) in [6.45, 7) is 1.60. The predicted octanol–water partition coefficient (Wildman–Crippen LogP) is 2.62. The van der Waals surface area contributed by atoms with Crippen LogP contribution in [-0.4, -0.2) is 5.91 Å². The summed E-state index contributed by atoms with van der Waals surface area (Å²) in [5.74, 6) is -4.14. The summed E-state index contributed by atoms with van der Waals surface area (Å²) in [6.07, 6.45) is 2.58. The van der Waals surface area contributed by atoms with E-state index in [1.54, 1.807) is 6.92 Å². The van der Waals surface area contributed by atoms with Crippen LogP contribution < -0.4 is 5.32 Å². The number of halogens is 3. The summed E-state index contributed by atoms with van der Waals surface area (Å²) in [7, 11) is 0. The fourth-order valence-corrected chi connectivity index (χ4v) is 0.944. The van der Waals surface area contributed by atoms with Crippen LogP contribution in [-0.2, 0) is 4.79 Å². The van der Waals surface area contributed by atoms with Gasteiger partial charge in [-0.15, -0.1) is 0 Å². The highest BCUT2D eigenvalue weighted by molar-refractivity contribution is 5.99. The van der Waals surface area contributed by atoms with Gasteiger partial charge in [-0.3, -0.25) is 4.79 Å². The van der Waals surface area contributed by atoms with Crippen LogP contribution in [0, 0.1) is 17.5 Å². The minimum atomic E-state index is -1.29. The number of hydrogen-bond donors (Lipinski definition) is 1. The zero-order valence-electron chi connectivity index (χ0n) is 7.85. The highest BCUT2D eigenvalue weighted by atomic mass is 19.2. The smallest absolute Gasteiger partial charge is 0.248 e. The van der Waals surface area contributed by atoms with E-state index in [1.807, 2.05) is 0 Å². The van der Waals surface area contributed by atoms with E-state index < -0.39 is 29.0 Å². The summed E-state index contributed by atoms with van der Waals surface area (Å²) in [4.78, 5) is 11.0. The first-order valence-corrected chi connectivity index (χ1v) is 4.13. The summed E-state index contributed by atoms with van der Waals surface area (Å²) in [5, 5.41) is 2.07. The van der Waals surface area contributed by atoms with E-state index in [2.05, 4.69) is 5.32 Å². The molecule has 0 unspecified atom stereocenters. The highest BCUT2D eigenvalue weighted by Crippen LogP contribution is 2.18. The van der Waals surface area contributed by atoms with Crippen LogP contribution in [0.1, 0.15) is 6.92 Å². The van der Waals surface area contributed by atoms with Gasteiger partial charge in [0.2, 0.25) is 5.91 Å². The molecule has 0 heterocycles. The van der Waals surface area contributed by atoms with Gasteiger partial charge >= 0.3 is 0 Å². The molecule has 1 rings (SSSR count). The molecule has 5 heteroatoms. The first-order valence-electron chi connectivity index (χ1n) is 4.13. The molecule has 0 saturated heterocycles. The van der Waals surface area contributed by atoms with E-state index in [-0.39, 0.29) is 0 Å². The number of hydrogen-bond acceptors (Lipinski definition) is 1. The van der Waals surface area contributed by atoms with Gasteiger partial charge in [0.1, 0.15) is 5.82 Å². The monoisotopic (exact) mass is 215 g/mol. The zero-order chi connectivity index (χ0) is 11.4. The maximum atomic E-state index is 13.0. The summed E-state index contributed by atoms with van der Waals surface area (Å²) < 4.78 is 38.2. The molecular weight excluding hydrogens is 207 g/mol. The van der Waals surface area contributed by atoms with Gasteiger partial charge < -0.3 is 5.32 Å². The van der Waals surface area contributed by atoms with E-state index in [1.165, 1.54) is 6.08 Å². The number of allylic oxidation sites excluding steroid dienone is 1. The molecule has 0 saturated carbocycles. The maximum Gasteiger partial charge on any atom is 0.248 e. The Kier molecular flexibility index (Phi) is 3.49. The first-order chi connectivity index (χ1) is 7.04. The number of benzene rings is 1. The zero-order valence-corrected chi connectivity index (χ0v) is 7.85. The van der Waals surface area contributed by atoms with Crippen LogP contribution in [0.2, 0.25) is 0 Å². The van der Waals surface area contributed by atoms with Crippen LogP contribution in [0.3, 0.4) is 0 Å². The van der Waals surface area contributed by atoms with Crippen LogP contribution in [0.25, 0.3) is 0 Å². The molecule has 0 aliphatic rings. The second-order valence-corrected chi connectivity index (χ2v) is 2.74. The predicted molar refractivity (Wildman–Crippen MR) is 49.8 cm³/mol. The standard InChI is InChI=1S/C10H8F3NO/c1-2-3-10(15)14-9-5-7(12)6(11)4-8(9)13/h2-5H,1H3,(H,14,15). The molecule has 0 atom stereocenters. The van der Waals surface area contributed by atoms with E-state index in [0.29, 0.717) is 12.1 Å². The summed E-state index contributed by atoms with van der Waals surface area (Å²) in [6, 6.07) is 0.965. The molecule has 1 aromatic carbocycles. The van der Waals surface area contributed by atoms with Crippen LogP contribution in [0.4, 0.5) is 18.9 Å². The number of carbonyl (C=O) groups excluding carboxylic acids is 1. The van der Waals surface area contributed by atoms with E-state index in [9.17, 15) is 18.0 Å². The molecule has 0 fully saturated rings. The lowest BCUT2D eigenvalue weighted by Crippen LogP contribution is -2.10. The van der Waals surface area contributed by atoms with Gasteiger partial charge in [-0.1, -0.05) is 6.08 Å². The topological polar surface area (TPSA) is 29.1 Å². The number of rotatable bonds is 2. The molecule has 15 heavy (non-hydrogen) atoms. The molecule has 0 aliphatic heterocycles. The molecule has 1 amide bonds. The van der Waals surface area contributed by atoms with Crippen molar-refractivity contribution in [3.8, 4) is 0 Å². The minimum absolute atomic E-state index is 0.376. The lowest BCUT2D eigenvalue weighted by atomic mass is 10.2. The number of amides is 1. The molecule has 0 bridgehead atoms. The van der Waals surface area contributed by atoms with Gasteiger partial charge in [-0.05, 0) is 13.0 Å². The van der Waals surface area contributed by atoms with Crippen LogP contribution in [0.5, 0.6) is 0 Å². The molecule has 0 spiro atoms. The van der Waals surface area contributed by atoms with Crippen molar-refractivity contribution in [2.45, 2.75) is 6.92 Å². The summed E-state index contributed by atoms with van der Waals surface area (Å²) >= 11 is 0. The Morgan fingerprint density at radius 2 is 1.80 bits per heavy atom. The molecule has 0 aliphatic carbocycles. The van der Waals surface area contributed by atoms with Crippen molar-refractivity contribution < 1.29 is 18.0 Å². The Morgan fingerprint density at radius 3 is 2.40 bits per heavy atom. The van der Waals surface area contributed by atoms with E-state index >= 15 is 0 Å².